The topological polar surface area (TPSA) is 15.3 Å². The monoisotopic (exact) mass is 254 g/mol. The average molecular weight is 254 g/mol. The fourth-order valence-electron chi connectivity index (χ4n) is 2.71. The number of nitrogens with one attached hydrogen (secondary N) is 1. The maximum atomic E-state index is 3.67. The fourth-order valence-corrected chi connectivity index (χ4v) is 2.71. The Hall–Kier alpha value is -0.0800. The van der Waals surface area contributed by atoms with Crippen LogP contribution in [-0.4, -0.2) is 37.1 Å². The summed E-state index contributed by atoms with van der Waals surface area (Å²) in [6.45, 7) is 16.7. The Balaban J connectivity index is 2.07. The lowest BCUT2D eigenvalue weighted by Gasteiger charge is -2.35. The highest BCUT2D eigenvalue weighted by molar-refractivity contribution is 4.76. The second kappa shape index (κ2) is 8.16. The Morgan fingerprint density at radius 3 is 2.44 bits per heavy atom. The maximum absolute atomic E-state index is 3.67. The Bertz CT molecular complexity index is 215. The third kappa shape index (κ3) is 6.19. The maximum Gasteiger partial charge on any atom is 0.0107 e. The first-order valence-electron chi connectivity index (χ1n) is 7.94. The van der Waals surface area contributed by atoms with E-state index in [-0.39, 0.29) is 0 Å². The van der Waals surface area contributed by atoms with Gasteiger partial charge in [-0.25, -0.2) is 0 Å². The lowest BCUT2D eigenvalue weighted by atomic mass is 9.89. The first-order chi connectivity index (χ1) is 8.49. The summed E-state index contributed by atoms with van der Waals surface area (Å²) in [6, 6.07) is 0.675. The molecule has 108 valence electrons. The minimum Gasteiger partial charge on any atom is -0.313 e. The summed E-state index contributed by atoms with van der Waals surface area (Å²) in [5.41, 5.74) is 0. The normalized spacial score (nSPS) is 27.7. The first-order valence-corrected chi connectivity index (χ1v) is 7.94. The minimum absolute atomic E-state index is 0.675. The van der Waals surface area contributed by atoms with Crippen molar-refractivity contribution in [2.24, 2.45) is 17.8 Å². The van der Waals surface area contributed by atoms with Crippen LogP contribution in [0.3, 0.4) is 0 Å². The van der Waals surface area contributed by atoms with E-state index in [0.29, 0.717) is 6.04 Å². The molecule has 1 rings (SSSR count). The highest BCUT2D eigenvalue weighted by Crippen LogP contribution is 2.21. The van der Waals surface area contributed by atoms with E-state index in [1.54, 1.807) is 0 Å². The second-order valence-corrected chi connectivity index (χ2v) is 6.87. The van der Waals surface area contributed by atoms with Crippen LogP contribution in [0.5, 0.6) is 0 Å². The zero-order valence-electron chi connectivity index (χ0n) is 13.2. The SMILES string of the molecule is CC(C)CCC(C)NCCN1CCC(C)C(C)C1. The van der Waals surface area contributed by atoms with Crippen molar-refractivity contribution in [2.75, 3.05) is 26.2 Å². The molecule has 2 heteroatoms. The van der Waals surface area contributed by atoms with Crippen LogP contribution in [-0.2, 0) is 0 Å². The van der Waals surface area contributed by atoms with Gasteiger partial charge in [0.25, 0.3) is 0 Å². The van der Waals surface area contributed by atoms with Crippen LogP contribution in [0.2, 0.25) is 0 Å². The molecule has 0 radical (unpaired) electrons. The molecular formula is C16H34N2. The van der Waals surface area contributed by atoms with Gasteiger partial charge >= 0.3 is 0 Å². The quantitative estimate of drug-likeness (QED) is 0.749. The van der Waals surface area contributed by atoms with Crippen LogP contribution in [0.25, 0.3) is 0 Å². The van der Waals surface area contributed by atoms with Crippen molar-refractivity contribution < 1.29 is 0 Å². The van der Waals surface area contributed by atoms with Crippen LogP contribution in [0, 0.1) is 17.8 Å². The number of likely N-dealkylation sites (tertiary alicyclic amines) is 1. The second-order valence-electron chi connectivity index (χ2n) is 6.87. The van der Waals surface area contributed by atoms with Crippen LogP contribution >= 0.6 is 0 Å². The van der Waals surface area contributed by atoms with Crippen molar-refractivity contribution in [3.63, 3.8) is 0 Å². The van der Waals surface area contributed by atoms with E-state index >= 15 is 0 Å². The van der Waals surface area contributed by atoms with Gasteiger partial charge in [0.2, 0.25) is 0 Å². The van der Waals surface area contributed by atoms with E-state index in [1.807, 2.05) is 0 Å². The molecular weight excluding hydrogens is 220 g/mol. The van der Waals surface area contributed by atoms with E-state index in [9.17, 15) is 0 Å². The highest BCUT2D eigenvalue weighted by Gasteiger charge is 2.21. The van der Waals surface area contributed by atoms with Crippen molar-refractivity contribution in [1.82, 2.24) is 10.2 Å². The van der Waals surface area contributed by atoms with Crippen LogP contribution in [0.1, 0.15) is 53.9 Å². The summed E-state index contributed by atoms with van der Waals surface area (Å²) in [5.74, 6) is 2.62. The van der Waals surface area contributed by atoms with E-state index < -0.39 is 0 Å². The van der Waals surface area contributed by atoms with E-state index in [0.717, 1.165) is 24.3 Å². The predicted octanol–water partition coefficient (Wildman–Crippen LogP) is 3.38. The van der Waals surface area contributed by atoms with Gasteiger partial charge in [0.05, 0.1) is 0 Å². The highest BCUT2D eigenvalue weighted by atomic mass is 15.1. The molecule has 0 aromatic heterocycles. The van der Waals surface area contributed by atoms with Crippen molar-refractivity contribution in [2.45, 2.75) is 59.9 Å². The third-order valence-corrected chi connectivity index (χ3v) is 4.52. The summed E-state index contributed by atoms with van der Waals surface area (Å²) < 4.78 is 0. The standard InChI is InChI=1S/C16H34N2/c1-13(2)6-7-16(5)17-9-11-18-10-8-14(3)15(4)12-18/h13-17H,6-12H2,1-5H3. The predicted molar refractivity (Wildman–Crippen MR) is 80.9 cm³/mol. The van der Waals surface area contributed by atoms with Crippen molar-refractivity contribution in [3.8, 4) is 0 Å². The lowest BCUT2D eigenvalue weighted by molar-refractivity contribution is 0.138. The number of hydrogen-bond acceptors (Lipinski definition) is 2. The van der Waals surface area contributed by atoms with Gasteiger partial charge in [-0.1, -0.05) is 27.7 Å². The molecule has 3 atom stereocenters. The summed E-state index contributed by atoms with van der Waals surface area (Å²) in [7, 11) is 0. The van der Waals surface area contributed by atoms with Gasteiger partial charge in [-0.15, -0.1) is 0 Å². The molecule has 0 aromatic carbocycles. The zero-order valence-corrected chi connectivity index (χ0v) is 13.2. The summed E-state index contributed by atoms with van der Waals surface area (Å²) in [5, 5.41) is 3.67. The van der Waals surface area contributed by atoms with Crippen LogP contribution < -0.4 is 5.32 Å². The Labute approximate surface area is 115 Å². The first kappa shape index (κ1) is 16.0. The molecule has 1 fully saturated rings. The minimum atomic E-state index is 0.675. The molecule has 1 aliphatic heterocycles. The zero-order chi connectivity index (χ0) is 13.5. The van der Waals surface area contributed by atoms with Crippen molar-refractivity contribution >= 4 is 0 Å². The van der Waals surface area contributed by atoms with E-state index in [2.05, 4.69) is 44.8 Å². The van der Waals surface area contributed by atoms with Crippen molar-refractivity contribution in [1.29, 1.82) is 0 Å². The molecule has 2 nitrogen and oxygen atoms in total. The number of piperidine rings is 1. The van der Waals surface area contributed by atoms with Crippen LogP contribution in [0.15, 0.2) is 0 Å². The molecule has 3 unspecified atom stereocenters. The van der Waals surface area contributed by atoms with Gasteiger partial charge in [0.1, 0.15) is 0 Å². The summed E-state index contributed by atoms with van der Waals surface area (Å²) >= 11 is 0. The summed E-state index contributed by atoms with van der Waals surface area (Å²) in [6.07, 6.45) is 4.03. The van der Waals surface area contributed by atoms with Gasteiger partial charge in [-0.05, 0) is 50.5 Å². The third-order valence-electron chi connectivity index (χ3n) is 4.52. The largest absolute Gasteiger partial charge is 0.313 e. The lowest BCUT2D eigenvalue weighted by Crippen LogP contribution is -2.42. The molecule has 0 amide bonds. The van der Waals surface area contributed by atoms with E-state index in [4.69, 9.17) is 0 Å². The average Bonchev–Trinajstić information content (AvgIpc) is 2.31. The van der Waals surface area contributed by atoms with Gasteiger partial charge in [0, 0.05) is 25.7 Å². The number of hydrogen-bond donors (Lipinski definition) is 1. The molecule has 0 bridgehead atoms. The molecule has 0 aliphatic carbocycles. The molecule has 1 N–H and O–H groups in total. The Morgan fingerprint density at radius 1 is 1.11 bits per heavy atom. The fraction of sp³-hybridized carbons (Fsp3) is 1.00. The molecule has 0 spiro atoms. The van der Waals surface area contributed by atoms with Gasteiger partial charge in [-0.2, -0.15) is 0 Å². The molecule has 1 heterocycles. The molecule has 0 saturated carbocycles. The van der Waals surface area contributed by atoms with Gasteiger partial charge < -0.3 is 10.2 Å². The molecule has 18 heavy (non-hydrogen) atoms. The van der Waals surface area contributed by atoms with Gasteiger partial charge in [0.15, 0.2) is 0 Å². The van der Waals surface area contributed by atoms with Crippen LogP contribution in [0.4, 0.5) is 0 Å². The Kier molecular flexibility index (Phi) is 7.25. The number of rotatable bonds is 7. The summed E-state index contributed by atoms with van der Waals surface area (Å²) in [4.78, 5) is 2.63. The molecule has 1 aliphatic rings. The van der Waals surface area contributed by atoms with E-state index in [1.165, 1.54) is 38.9 Å². The van der Waals surface area contributed by atoms with Crippen molar-refractivity contribution in [3.05, 3.63) is 0 Å². The Morgan fingerprint density at radius 2 is 1.83 bits per heavy atom. The van der Waals surface area contributed by atoms with Gasteiger partial charge in [-0.3, -0.25) is 0 Å². The smallest absolute Gasteiger partial charge is 0.0107 e. The number of nitrogens with zero attached hydrogens (tertiary/aromatic N) is 1. The molecule has 1 saturated heterocycles. The molecule has 0 aromatic rings.